The molecule has 0 radical (unpaired) electrons. The van der Waals surface area contributed by atoms with E-state index in [0.29, 0.717) is 19.6 Å². The molecule has 0 saturated heterocycles. The predicted octanol–water partition coefficient (Wildman–Crippen LogP) is 1.73. The van der Waals surface area contributed by atoms with Crippen molar-refractivity contribution in [3.8, 4) is 5.75 Å². The van der Waals surface area contributed by atoms with Gasteiger partial charge in [-0.15, -0.1) is 0 Å². The van der Waals surface area contributed by atoms with Crippen LogP contribution in [0.25, 0.3) is 0 Å². The van der Waals surface area contributed by atoms with Gasteiger partial charge in [-0.05, 0) is 24.6 Å². The summed E-state index contributed by atoms with van der Waals surface area (Å²) in [5.74, 6) is -1.13. The van der Waals surface area contributed by atoms with Crippen molar-refractivity contribution in [3.63, 3.8) is 0 Å². The van der Waals surface area contributed by atoms with Gasteiger partial charge < -0.3 is 15.7 Å². The molecule has 0 unspecified atom stereocenters. The lowest BCUT2D eigenvalue weighted by Gasteiger charge is -2.22. The van der Waals surface area contributed by atoms with Gasteiger partial charge in [0.25, 0.3) is 5.91 Å². The van der Waals surface area contributed by atoms with Gasteiger partial charge in [-0.25, -0.2) is 4.39 Å². The molecule has 0 aliphatic rings. The second-order valence-corrected chi connectivity index (χ2v) is 4.10. The number of rotatable bonds is 6. The van der Waals surface area contributed by atoms with E-state index in [0.717, 1.165) is 25.0 Å². The Balaban J connectivity index is 2.90. The molecule has 5 heteroatoms. The number of phenolic OH excluding ortho intramolecular Hbond substituents is 1. The molecule has 1 aromatic rings. The van der Waals surface area contributed by atoms with Gasteiger partial charge in [0.2, 0.25) is 0 Å². The molecular formula is C13H19FN2O2. The number of halogens is 1. The molecule has 0 fully saturated rings. The van der Waals surface area contributed by atoms with Crippen molar-refractivity contribution in [2.75, 3.05) is 19.6 Å². The van der Waals surface area contributed by atoms with Crippen LogP contribution in [0.4, 0.5) is 4.39 Å². The van der Waals surface area contributed by atoms with E-state index in [1.165, 1.54) is 11.0 Å². The molecule has 1 amide bonds. The molecule has 0 saturated carbocycles. The van der Waals surface area contributed by atoms with Gasteiger partial charge in [-0.1, -0.05) is 13.3 Å². The van der Waals surface area contributed by atoms with Crippen LogP contribution >= 0.6 is 0 Å². The number of nitrogens with zero attached hydrogens (tertiary/aromatic N) is 1. The van der Waals surface area contributed by atoms with Crippen molar-refractivity contribution in [1.29, 1.82) is 0 Å². The van der Waals surface area contributed by atoms with Gasteiger partial charge in [0, 0.05) is 19.6 Å². The second-order valence-electron chi connectivity index (χ2n) is 4.10. The Morgan fingerprint density at radius 2 is 2.17 bits per heavy atom. The fourth-order valence-electron chi connectivity index (χ4n) is 1.67. The molecule has 18 heavy (non-hydrogen) atoms. The molecule has 1 aromatic carbocycles. The van der Waals surface area contributed by atoms with E-state index < -0.39 is 5.82 Å². The fraction of sp³-hybridized carbons (Fsp3) is 0.462. The molecule has 0 atom stereocenters. The summed E-state index contributed by atoms with van der Waals surface area (Å²) in [6, 6.07) is 3.35. The van der Waals surface area contributed by atoms with Crippen LogP contribution in [0.5, 0.6) is 5.75 Å². The summed E-state index contributed by atoms with van der Waals surface area (Å²) in [5.41, 5.74) is 5.44. The van der Waals surface area contributed by atoms with Crippen molar-refractivity contribution >= 4 is 5.91 Å². The molecule has 0 aliphatic heterocycles. The van der Waals surface area contributed by atoms with E-state index >= 15 is 0 Å². The highest BCUT2D eigenvalue weighted by Gasteiger charge is 2.18. The number of carbonyl (C=O) groups excluding carboxylic acids is 1. The number of amides is 1. The molecule has 1 rings (SSSR count). The van der Waals surface area contributed by atoms with E-state index in [9.17, 15) is 14.3 Å². The van der Waals surface area contributed by atoms with E-state index in [1.807, 2.05) is 6.92 Å². The number of aromatic hydroxyl groups is 1. The minimum atomic E-state index is -0.542. The van der Waals surface area contributed by atoms with Gasteiger partial charge >= 0.3 is 0 Å². The Bertz CT molecular complexity index is 410. The zero-order valence-corrected chi connectivity index (χ0v) is 10.5. The summed E-state index contributed by atoms with van der Waals surface area (Å²) < 4.78 is 13.1. The lowest BCUT2D eigenvalue weighted by molar-refractivity contribution is 0.0754. The zero-order chi connectivity index (χ0) is 13.5. The summed E-state index contributed by atoms with van der Waals surface area (Å²) in [5, 5.41) is 9.60. The number of unbranched alkanes of at least 4 members (excludes halogenated alkanes) is 1. The number of hydrogen-bond acceptors (Lipinski definition) is 3. The van der Waals surface area contributed by atoms with Gasteiger partial charge in [0.05, 0.1) is 5.56 Å². The number of nitrogens with two attached hydrogens (primary N) is 1. The molecule has 0 spiro atoms. The van der Waals surface area contributed by atoms with Crippen LogP contribution in [0.15, 0.2) is 18.2 Å². The van der Waals surface area contributed by atoms with E-state index in [-0.39, 0.29) is 17.2 Å². The van der Waals surface area contributed by atoms with Gasteiger partial charge in [0.1, 0.15) is 11.6 Å². The van der Waals surface area contributed by atoms with E-state index in [4.69, 9.17) is 5.73 Å². The Labute approximate surface area is 106 Å². The van der Waals surface area contributed by atoms with E-state index in [2.05, 4.69) is 0 Å². The molecule has 3 N–H and O–H groups in total. The third kappa shape index (κ3) is 3.70. The Hall–Kier alpha value is -1.62. The normalized spacial score (nSPS) is 10.4. The summed E-state index contributed by atoms with van der Waals surface area (Å²) in [7, 11) is 0. The van der Waals surface area contributed by atoms with Crippen LogP contribution < -0.4 is 5.73 Å². The van der Waals surface area contributed by atoms with Crippen molar-refractivity contribution in [2.45, 2.75) is 19.8 Å². The highest BCUT2D eigenvalue weighted by Crippen LogP contribution is 2.19. The molecule has 0 bridgehead atoms. The number of carbonyl (C=O) groups is 1. The first-order valence-corrected chi connectivity index (χ1v) is 6.08. The summed E-state index contributed by atoms with van der Waals surface area (Å²) >= 11 is 0. The monoisotopic (exact) mass is 254 g/mol. The van der Waals surface area contributed by atoms with Gasteiger partial charge in [-0.3, -0.25) is 4.79 Å². The van der Waals surface area contributed by atoms with E-state index in [1.54, 1.807) is 0 Å². The van der Waals surface area contributed by atoms with Crippen LogP contribution in [0.1, 0.15) is 30.1 Å². The summed E-state index contributed by atoms with van der Waals surface area (Å²) in [6.45, 7) is 3.31. The topological polar surface area (TPSA) is 66.6 Å². The largest absolute Gasteiger partial charge is 0.507 e. The first-order valence-electron chi connectivity index (χ1n) is 6.08. The Morgan fingerprint density at radius 3 is 2.78 bits per heavy atom. The average Bonchev–Trinajstić information content (AvgIpc) is 2.36. The quantitative estimate of drug-likeness (QED) is 0.812. The Kier molecular flexibility index (Phi) is 5.58. The smallest absolute Gasteiger partial charge is 0.257 e. The predicted molar refractivity (Wildman–Crippen MR) is 67.9 cm³/mol. The highest BCUT2D eigenvalue weighted by atomic mass is 19.1. The zero-order valence-electron chi connectivity index (χ0n) is 10.5. The average molecular weight is 254 g/mol. The molecule has 0 aromatic heterocycles. The molecule has 4 nitrogen and oxygen atoms in total. The molecular weight excluding hydrogens is 235 g/mol. The van der Waals surface area contributed by atoms with Gasteiger partial charge in [-0.2, -0.15) is 0 Å². The molecule has 100 valence electrons. The standard InChI is InChI=1S/C13H19FN2O2/c1-2-3-7-16(8-6-15)13(18)11-9-10(14)4-5-12(11)17/h4-5,9,17H,2-3,6-8,15H2,1H3. The maximum atomic E-state index is 13.1. The van der Waals surface area contributed by atoms with Crippen LogP contribution in [-0.2, 0) is 0 Å². The Morgan fingerprint density at radius 1 is 1.44 bits per heavy atom. The van der Waals surface area contributed by atoms with Gasteiger partial charge in [0.15, 0.2) is 0 Å². The van der Waals surface area contributed by atoms with Crippen LogP contribution in [0, 0.1) is 5.82 Å². The van der Waals surface area contributed by atoms with Crippen molar-refractivity contribution in [3.05, 3.63) is 29.6 Å². The van der Waals surface area contributed by atoms with Crippen LogP contribution in [0.2, 0.25) is 0 Å². The van der Waals surface area contributed by atoms with Crippen molar-refractivity contribution in [1.82, 2.24) is 4.90 Å². The summed E-state index contributed by atoms with van der Waals surface area (Å²) in [4.78, 5) is 13.7. The third-order valence-electron chi connectivity index (χ3n) is 2.66. The molecule has 0 aliphatic carbocycles. The molecule has 0 heterocycles. The minimum absolute atomic E-state index is 0.0143. The maximum absolute atomic E-state index is 13.1. The fourth-order valence-corrected chi connectivity index (χ4v) is 1.67. The lowest BCUT2D eigenvalue weighted by Crippen LogP contribution is -2.36. The van der Waals surface area contributed by atoms with Crippen LogP contribution in [0.3, 0.4) is 0 Å². The second kappa shape index (κ2) is 6.96. The van der Waals surface area contributed by atoms with Crippen LogP contribution in [-0.4, -0.2) is 35.5 Å². The maximum Gasteiger partial charge on any atom is 0.257 e. The number of hydrogen-bond donors (Lipinski definition) is 2. The third-order valence-corrected chi connectivity index (χ3v) is 2.66. The number of phenols is 1. The first kappa shape index (κ1) is 14.4. The lowest BCUT2D eigenvalue weighted by atomic mass is 10.1. The SMILES string of the molecule is CCCCN(CCN)C(=O)c1cc(F)ccc1O. The highest BCUT2D eigenvalue weighted by molar-refractivity contribution is 5.96. The summed E-state index contributed by atoms with van der Waals surface area (Å²) in [6.07, 6.45) is 1.80. The number of benzene rings is 1. The van der Waals surface area contributed by atoms with Crippen molar-refractivity contribution < 1.29 is 14.3 Å². The first-order chi connectivity index (χ1) is 8.60. The van der Waals surface area contributed by atoms with Crippen molar-refractivity contribution in [2.24, 2.45) is 5.73 Å². The minimum Gasteiger partial charge on any atom is -0.507 e.